The van der Waals surface area contributed by atoms with Crippen molar-refractivity contribution in [1.29, 1.82) is 0 Å². The highest BCUT2D eigenvalue weighted by Crippen LogP contribution is 2.45. The van der Waals surface area contributed by atoms with Crippen LogP contribution in [0.1, 0.15) is 29.5 Å². The second-order valence-electron chi connectivity index (χ2n) is 12.3. The molecule has 1 unspecified atom stereocenters. The maximum atomic E-state index is 2.47. The van der Waals surface area contributed by atoms with Gasteiger partial charge in [0.05, 0.1) is 0 Å². The molecule has 0 radical (unpaired) electrons. The zero-order valence-corrected chi connectivity index (χ0v) is 24.6. The molecule has 0 aromatic heterocycles. The average Bonchev–Trinajstić information content (AvgIpc) is 3.10. The van der Waals surface area contributed by atoms with Crippen LogP contribution in [0, 0.1) is 5.92 Å². The Morgan fingerprint density at radius 2 is 1.30 bits per heavy atom. The number of rotatable bonds is 3. The van der Waals surface area contributed by atoms with Crippen molar-refractivity contribution in [2.75, 3.05) is 0 Å². The molecule has 0 N–H and O–H groups in total. The maximum Gasteiger partial charge on any atom is 0.00561 e. The number of hydrogen-bond acceptors (Lipinski definition) is 0. The standard InChI is InChI=1S/C44H32/c1-2-12-32-27-34(26-21-29(32)11-1)44-40-19-9-7-17-38(40)43(39-18-8-10-20-41(39)44)31-24-22-30(23-25-31)42-28-33-13-3-4-14-35(33)36-15-5-6-16-37(36)42/h1-9,11-19,22-29H,10,20-21H2. The highest BCUT2D eigenvalue weighted by Gasteiger charge is 2.24. The van der Waals surface area contributed by atoms with E-state index in [1.807, 2.05) is 0 Å². The Morgan fingerprint density at radius 1 is 0.591 bits per heavy atom. The normalized spacial score (nSPS) is 17.0. The van der Waals surface area contributed by atoms with Crippen LogP contribution in [0.4, 0.5) is 0 Å². The molecular formula is C44H32. The maximum absolute atomic E-state index is 2.47. The molecule has 0 aliphatic heterocycles. The van der Waals surface area contributed by atoms with Gasteiger partial charge in [-0.3, -0.25) is 0 Å². The van der Waals surface area contributed by atoms with E-state index in [4.69, 9.17) is 0 Å². The summed E-state index contributed by atoms with van der Waals surface area (Å²) in [4.78, 5) is 0. The predicted octanol–water partition coefficient (Wildman–Crippen LogP) is 11.9. The van der Waals surface area contributed by atoms with Crippen molar-refractivity contribution < 1.29 is 0 Å². The monoisotopic (exact) mass is 560 g/mol. The Kier molecular flexibility index (Phi) is 5.87. The molecule has 6 aromatic carbocycles. The van der Waals surface area contributed by atoms with Gasteiger partial charge in [-0.15, -0.1) is 0 Å². The molecule has 0 fully saturated rings. The van der Waals surface area contributed by atoms with E-state index < -0.39 is 0 Å². The molecule has 0 spiro atoms. The van der Waals surface area contributed by atoms with Crippen LogP contribution in [0.3, 0.4) is 0 Å². The van der Waals surface area contributed by atoms with E-state index in [1.165, 1.54) is 82.4 Å². The van der Waals surface area contributed by atoms with Crippen LogP contribution in [0.2, 0.25) is 0 Å². The van der Waals surface area contributed by atoms with Gasteiger partial charge in [-0.25, -0.2) is 0 Å². The summed E-state index contributed by atoms with van der Waals surface area (Å²) >= 11 is 0. The van der Waals surface area contributed by atoms with E-state index in [2.05, 4.69) is 152 Å². The minimum Gasteiger partial charge on any atom is -0.0836 e. The van der Waals surface area contributed by atoms with Crippen LogP contribution >= 0.6 is 0 Å². The third kappa shape index (κ3) is 3.98. The molecule has 3 aliphatic rings. The van der Waals surface area contributed by atoms with E-state index in [9.17, 15) is 0 Å². The van der Waals surface area contributed by atoms with E-state index in [0.29, 0.717) is 5.92 Å². The number of fused-ring (bicyclic) bond motifs is 6. The molecular weight excluding hydrogens is 528 g/mol. The molecule has 0 bridgehead atoms. The Morgan fingerprint density at radius 3 is 2.14 bits per heavy atom. The first kappa shape index (κ1) is 25.3. The molecule has 3 aliphatic carbocycles. The summed E-state index contributed by atoms with van der Waals surface area (Å²) in [5.41, 5.74) is 12.3. The Hall–Kier alpha value is -5.20. The van der Waals surface area contributed by atoms with Crippen molar-refractivity contribution in [2.24, 2.45) is 5.92 Å². The lowest BCUT2D eigenvalue weighted by Crippen LogP contribution is -2.09. The van der Waals surface area contributed by atoms with Crippen molar-refractivity contribution in [3.63, 3.8) is 0 Å². The van der Waals surface area contributed by atoms with Gasteiger partial charge in [0, 0.05) is 5.92 Å². The van der Waals surface area contributed by atoms with Gasteiger partial charge >= 0.3 is 0 Å². The SMILES string of the molecule is C1=CC2=CC(c3c4c(c(-c5ccc(-c6cc7ccccc7c7ccccc67)cc5)c5ccccc35)C=CCC4)=CCC2C=C1. The number of allylic oxidation sites excluding steroid dienone is 9. The molecule has 0 heteroatoms. The Balaban J connectivity index is 1.22. The van der Waals surface area contributed by atoms with E-state index in [1.54, 1.807) is 0 Å². The lowest BCUT2D eigenvalue weighted by Gasteiger charge is -2.27. The summed E-state index contributed by atoms with van der Waals surface area (Å²) in [6, 6.07) is 38.3. The van der Waals surface area contributed by atoms with Crippen LogP contribution < -0.4 is 0 Å². The van der Waals surface area contributed by atoms with E-state index >= 15 is 0 Å². The molecule has 0 saturated carbocycles. The molecule has 0 heterocycles. The largest absolute Gasteiger partial charge is 0.0836 e. The molecule has 208 valence electrons. The minimum atomic E-state index is 0.503. The van der Waals surface area contributed by atoms with Gasteiger partial charge in [0.2, 0.25) is 0 Å². The fourth-order valence-corrected chi connectivity index (χ4v) is 7.77. The molecule has 9 rings (SSSR count). The number of benzene rings is 6. The minimum absolute atomic E-state index is 0.503. The topological polar surface area (TPSA) is 0 Å². The summed E-state index contributed by atoms with van der Waals surface area (Å²) in [6.07, 6.45) is 21.9. The van der Waals surface area contributed by atoms with E-state index in [-0.39, 0.29) is 0 Å². The summed E-state index contributed by atoms with van der Waals surface area (Å²) in [5.74, 6) is 0.503. The first-order valence-electron chi connectivity index (χ1n) is 15.9. The third-order valence-corrected chi connectivity index (χ3v) is 9.83. The smallest absolute Gasteiger partial charge is 0.00561 e. The van der Waals surface area contributed by atoms with Gasteiger partial charge in [-0.2, -0.15) is 0 Å². The third-order valence-electron chi connectivity index (χ3n) is 9.83. The Bertz CT molecular complexity index is 2280. The molecule has 0 amide bonds. The second-order valence-corrected chi connectivity index (χ2v) is 12.3. The van der Waals surface area contributed by atoms with E-state index in [0.717, 1.165) is 19.3 Å². The van der Waals surface area contributed by atoms with Gasteiger partial charge in [0.1, 0.15) is 0 Å². The highest BCUT2D eigenvalue weighted by atomic mass is 14.3. The molecule has 0 nitrogen and oxygen atoms in total. The fourth-order valence-electron chi connectivity index (χ4n) is 7.77. The first-order valence-corrected chi connectivity index (χ1v) is 15.9. The fraction of sp³-hybridized carbons (Fsp3) is 0.0909. The van der Waals surface area contributed by atoms with Crippen LogP contribution in [-0.4, -0.2) is 0 Å². The van der Waals surface area contributed by atoms with Crippen molar-refractivity contribution in [1.82, 2.24) is 0 Å². The first-order chi connectivity index (χ1) is 21.8. The van der Waals surface area contributed by atoms with Crippen LogP contribution in [-0.2, 0) is 6.42 Å². The summed E-state index contributed by atoms with van der Waals surface area (Å²) < 4.78 is 0. The predicted molar refractivity (Wildman–Crippen MR) is 190 cm³/mol. The lowest BCUT2D eigenvalue weighted by atomic mass is 9.77. The molecule has 6 aromatic rings. The van der Waals surface area contributed by atoms with Crippen molar-refractivity contribution in [3.05, 3.63) is 168 Å². The average molecular weight is 561 g/mol. The van der Waals surface area contributed by atoms with Crippen molar-refractivity contribution in [2.45, 2.75) is 19.3 Å². The van der Waals surface area contributed by atoms with Crippen LogP contribution in [0.15, 0.2) is 151 Å². The molecule has 1 atom stereocenters. The van der Waals surface area contributed by atoms with Crippen molar-refractivity contribution >= 4 is 44.0 Å². The van der Waals surface area contributed by atoms with Gasteiger partial charge in [-0.05, 0) is 108 Å². The zero-order valence-electron chi connectivity index (χ0n) is 24.6. The van der Waals surface area contributed by atoms with Gasteiger partial charge in [0.25, 0.3) is 0 Å². The van der Waals surface area contributed by atoms with Gasteiger partial charge in [0.15, 0.2) is 0 Å². The zero-order chi connectivity index (χ0) is 29.0. The van der Waals surface area contributed by atoms with Crippen LogP contribution in [0.25, 0.3) is 66.2 Å². The Labute approximate surface area is 258 Å². The highest BCUT2D eigenvalue weighted by molar-refractivity contribution is 6.14. The quantitative estimate of drug-likeness (QED) is 0.189. The number of hydrogen-bond donors (Lipinski definition) is 0. The van der Waals surface area contributed by atoms with Gasteiger partial charge in [-0.1, -0.05) is 146 Å². The van der Waals surface area contributed by atoms with Gasteiger partial charge < -0.3 is 0 Å². The summed E-state index contributed by atoms with van der Waals surface area (Å²) in [6.45, 7) is 0. The van der Waals surface area contributed by atoms with Crippen LogP contribution in [0.5, 0.6) is 0 Å². The second kappa shape index (κ2) is 10.2. The van der Waals surface area contributed by atoms with Crippen molar-refractivity contribution in [3.8, 4) is 22.3 Å². The lowest BCUT2D eigenvalue weighted by molar-refractivity contribution is 0.782. The molecule has 44 heavy (non-hydrogen) atoms. The summed E-state index contributed by atoms with van der Waals surface area (Å²) in [5, 5.41) is 7.89. The molecule has 0 saturated heterocycles. The summed E-state index contributed by atoms with van der Waals surface area (Å²) in [7, 11) is 0.